The molecule has 2 fully saturated rings. The summed E-state index contributed by atoms with van der Waals surface area (Å²) in [5.41, 5.74) is 0.0495. The Balaban J connectivity index is 1.59. The van der Waals surface area contributed by atoms with E-state index >= 15 is 0 Å². The minimum absolute atomic E-state index is 0.0323. The molecule has 5 nitrogen and oxygen atoms in total. The number of nitrogens with one attached hydrogen (secondary N) is 1. The first-order valence-corrected chi connectivity index (χ1v) is 11.7. The number of hydrogen-bond donors (Lipinski definition) is 1. The van der Waals surface area contributed by atoms with Crippen LogP contribution in [0.2, 0.25) is 0 Å². The molecule has 0 aromatic heterocycles. The Morgan fingerprint density at radius 2 is 1.94 bits per heavy atom. The van der Waals surface area contributed by atoms with Gasteiger partial charge in [0.05, 0.1) is 18.2 Å². The second kappa shape index (κ2) is 10.3. The zero-order valence-electron chi connectivity index (χ0n) is 19.7. The zero-order chi connectivity index (χ0) is 24.2. The highest BCUT2D eigenvalue weighted by Crippen LogP contribution is 2.42. The van der Waals surface area contributed by atoms with Crippen molar-refractivity contribution in [3.05, 3.63) is 29.3 Å². The number of piperidine rings is 1. The van der Waals surface area contributed by atoms with Gasteiger partial charge in [0.1, 0.15) is 5.75 Å². The Kier molecular flexibility index (Phi) is 7.94. The van der Waals surface area contributed by atoms with Gasteiger partial charge < -0.3 is 15.0 Å². The van der Waals surface area contributed by atoms with Crippen LogP contribution >= 0.6 is 0 Å². The summed E-state index contributed by atoms with van der Waals surface area (Å²) >= 11 is 0. The van der Waals surface area contributed by atoms with Crippen LogP contribution in [-0.4, -0.2) is 42.6 Å². The minimum Gasteiger partial charge on any atom is -0.493 e. The van der Waals surface area contributed by atoms with Gasteiger partial charge in [-0.3, -0.25) is 4.79 Å². The van der Waals surface area contributed by atoms with E-state index in [-0.39, 0.29) is 35.6 Å². The Morgan fingerprint density at radius 1 is 1.24 bits per heavy atom. The maximum absolute atomic E-state index is 13.2. The van der Waals surface area contributed by atoms with Crippen LogP contribution in [0.25, 0.3) is 0 Å². The predicted octanol–water partition coefficient (Wildman–Crippen LogP) is 5.12. The molecular weight excluding hydrogens is 431 g/mol. The number of nitrogens with zero attached hydrogens (tertiary/aromatic N) is 2. The van der Waals surface area contributed by atoms with Crippen molar-refractivity contribution in [3.8, 4) is 11.8 Å². The number of likely N-dealkylation sites (tertiary alicyclic amines) is 1. The van der Waals surface area contributed by atoms with Gasteiger partial charge in [0.2, 0.25) is 5.91 Å². The van der Waals surface area contributed by atoms with Crippen molar-refractivity contribution in [3.63, 3.8) is 0 Å². The first-order valence-electron chi connectivity index (χ1n) is 11.7. The fraction of sp³-hybridized carbons (Fsp3) is 0.680. The molecule has 1 saturated carbocycles. The number of rotatable bonds is 8. The normalized spacial score (nSPS) is 21.5. The van der Waals surface area contributed by atoms with Gasteiger partial charge in [-0.1, -0.05) is 6.07 Å². The van der Waals surface area contributed by atoms with Crippen LogP contribution in [-0.2, 0) is 11.0 Å². The molecule has 0 radical (unpaired) electrons. The number of benzene rings is 1. The van der Waals surface area contributed by atoms with Crippen molar-refractivity contribution in [1.29, 1.82) is 5.26 Å². The molecule has 1 saturated heterocycles. The highest BCUT2D eigenvalue weighted by molar-refractivity contribution is 5.81. The van der Waals surface area contributed by atoms with Gasteiger partial charge >= 0.3 is 6.18 Å². The van der Waals surface area contributed by atoms with Gasteiger partial charge in [-0.15, -0.1) is 0 Å². The summed E-state index contributed by atoms with van der Waals surface area (Å²) in [6, 6.07) is 5.70. The summed E-state index contributed by atoms with van der Waals surface area (Å²) in [7, 11) is 0. The number of alkyl halides is 3. The molecule has 1 amide bonds. The van der Waals surface area contributed by atoms with E-state index in [0.29, 0.717) is 44.7 Å². The van der Waals surface area contributed by atoms with E-state index in [0.717, 1.165) is 30.7 Å². The Bertz CT molecular complexity index is 865. The number of carbonyl (C=O) groups excluding carboxylic acids is 1. The van der Waals surface area contributed by atoms with Gasteiger partial charge in [0.25, 0.3) is 0 Å². The highest BCUT2D eigenvalue weighted by atomic mass is 19.4. The van der Waals surface area contributed by atoms with Crippen molar-refractivity contribution in [2.75, 3.05) is 26.2 Å². The van der Waals surface area contributed by atoms with E-state index in [9.17, 15) is 18.0 Å². The highest BCUT2D eigenvalue weighted by Gasteiger charge is 2.45. The Hall–Kier alpha value is -2.27. The third kappa shape index (κ3) is 7.10. The Morgan fingerprint density at radius 3 is 2.55 bits per heavy atom. The summed E-state index contributed by atoms with van der Waals surface area (Å²) in [6.45, 7) is 8.58. The van der Waals surface area contributed by atoms with Gasteiger partial charge in [0, 0.05) is 31.0 Å². The lowest BCUT2D eigenvalue weighted by molar-refractivity contribution is -0.138. The van der Waals surface area contributed by atoms with Crippen LogP contribution in [0.3, 0.4) is 0 Å². The molecule has 2 unspecified atom stereocenters. The lowest BCUT2D eigenvalue weighted by atomic mass is 9.88. The molecule has 1 N–H and O–H groups in total. The standard InChI is InChI=1S/C25H34F3N3O2/c1-24(2,3)30-16-18-14-21(18)23(32)31-11-8-17(9-12-31)20-7-6-19(25(26,27)28)15-22(20)33-13-5-4-10-29/h6-7,15,17-18,21,30H,4-5,8-9,11-14,16H2,1-3H3. The Labute approximate surface area is 194 Å². The maximum atomic E-state index is 13.2. The first-order chi connectivity index (χ1) is 15.5. The molecule has 0 spiro atoms. The smallest absolute Gasteiger partial charge is 0.416 e. The van der Waals surface area contributed by atoms with Crippen molar-refractivity contribution < 1.29 is 22.7 Å². The molecule has 3 rings (SSSR count). The molecule has 8 heteroatoms. The van der Waals surface area contributed by atoms with Crippen LogP contribution in [0.1, 0.15) is 69.9 Å². The largest absolute Gasteiger partial charge is 0.493 e. The number of halogens is 3. The number of hydrogen-bond acceptors (Lipinski definition) is 4. The third-order valence-corrected chi connectivity index (χ3v) is 6.41. The van der Waals surface area contributed by atoms with Crippen LogP contribution < -0.4 is 10.1 Å². The average molecular weight is 466 g/mol. The van der Waals surface area contributed by atoms with Gasteiger partial charge in [-0.05, 0) is 82.5 Å². The number of amides is 1. The van der Waals surface area contributed by atoms with E-state index in [1.807, 2.05) is 11.0 Å². The molecule has 0 bridgehead atoms. The van der Waals surface area contributed by atoms with Gasteiger partial charge in [0.15, 0.2) is 0 Å². The van der Waals surface area contributed by atoms with E-state index in [2.05, 4.69) is 26.1 Å². The van der Waals surface area contributed by atoms with E-state index < -0.39 is 11.7 Å². The van der Waals surface area contributed by atoms with E-state index in [1.54, 1.807) is 0 Å². The number of ether oxygens (including phenoxy) is 1. The molecule has 2 atom stereocenters. The number of carbonyl (C=O) groups is 1. The monoisotopic (exact) mass is 465 g/mol. The molecule has 1 aromatic rings. The third-order valence-electron chi connectivity index (χ3n) is 6.41. The predicted molar refractivity (Wildman–Crippen MR) is 120 cm³/mol. The lowest BCUT2D eigenvalue weighted by Crippen LogP contribution is -2.40. The zero-order valence-corrected chi connectivity index (χ0v) is 19.7. The number of nitriles is 1. The fourth-order valence-electron chi connectivity index (χ4n) is 4.36. The molecular formula is C25H34F3N3O2. The topological polar surface area (TPSA) is 65.4 Å². The second-order valence-electron chi connectivity index (χ2n) is 10.2. The fourth-order valence-corrected chi connectivity index (χ4v) is 4.36. The summed E-state index contributed by atoms with van der Waals surface area (Å²) in [4.78, 5) is 14.8. The van der Waals surface area contributed by atoms with Gasteiger partial charge in [-0.2, -0.15) is 18.4 Å². The van der Waals surface area contributed by atoms with Crippen molar-refractivity contribution in [2.45, 2.75) is 70.5 Å². The van der Waals surface area contributed by atoms with E-state index in [4.69, 9.17) is 10.00 Å². The molecule has 1 aliphatic heterocycles. The average Bonchev–Trinajstić information content (AvgIpc) is 3.54. The number of unbranched alkanes of at least 4 members (excludes halogenated alkanes) is 1. The molecule has 33 heavy (non-hydrogen) atoms. The first kappa shape index (κ1) is 25.4. The van der Waals surface area contributed by atoms with Gasteiger partial charge in [-0.25, -0.2) is 0 Å². The summed E-state index contributed by atoms with van der Waals surface area (Å²) < 4.78 is 45.3. The van der Waals surface area contributed by atoms with Crippen LogP contribution in [0.5, 0.6) is 5.75 Å². The molecule has 1 aromatic carbocycles. The lowest BCUT2D eigenvalue weighted by Gasteiger charge is -2.33. The molecule has 1 aliphatic carbocycles. The van der Waals surface area contributed by atoms with Crippen LogP contribution in [0.4, 0.5) is 13.2 Å². The van der Waals surface area contributed by atoms with Crippen molar-refractivity contribution in [1.82, 2.24) is 10.2 Å². The second-order valence-corrected chi connectivity index (χ2v) is 10.2. The van der Waals surface area contributed by atoms with Crippen LogP contribution in [0.15, 0.2) is 18.2 Å². The SMILES string of the molecule is CC(C)(C)NCC1CC1C(=O)N1CCC(c2ccc(C(F)(F)F)cc2OCCCC#N)CC1. The molecule has 1 heterocycles. The molecule has 182 valence electrons. The van der Waals surface area contributed by atoms with Crippen molar-refractivity contribution >= 4 is 5.91 Å². The maximum Gasteiger partial charge on any atom is 0.416 e. The summed E-state index contributed by atoms with van der Waals surface area (Å²) in [5.74, 6) is 0.955. The molecule has 2 aliphatic rings. The minimum atomic E-state index is -4.44. The van der Waals surface area contributed by atoms with E-state index in [1.165, 1.54) is 6.07 Å². The van der Waals surface area contributed by atoms with Crippen molar-refractivity contribution in [2.24, 2.45) is 11.8 Å². The van der Waals surface area contributed by atoms with Crippen LogP contribution in [0, 0.1) is 23.2 Å². The summed E-state index contributed by atoms with van der Waals surface area (Å²) in [6.07, 6.45) is -1.37. The quantitative estimate of drug-likeness (QED) is 0.542. The summed E-state index contributed by atoms with van der Waals surface area (Å²) in [5, 5.41) is 12.1.